The van der Waals surface area contributed by atoms with Crippen LogP contribution in [-0.2, 0) is 9.59 Å². The van der Waals surface area contributed by atoms with Gasteiger partial charge in [-0.1, -0.05) is 49.6 Å². The molecule has 3 rings (SSSR count). The lowest BCUT2D eigenvalue weighted by Crippen LogP contribution is -2.42. The molecule has 2 aliphatic rings. The van der Waals surface area contributed by atoms with Crippen molar-refractivity contribution < 1.29 is 9.59 Å². The Kier molecular flexibility index (Phi) is 7.47. The SMILES string of the molecule is Cl.NCC1(CC(=O)N2CCNC(=O)CC2c2ccccc2)CCCCC1. The Bertz CT molecular complexity index is 602. The molecule has 1 aromatic rings. The molecule has 1 saturated heterocycles. The van der Waals surface area contributed by atoms with Gasteiger partial charge < -0.3 is 16.0 Å². The summed E-state index contributed by atoms with van der Waals surface area (Å²) in [6.07, 6.45) is 6.46. The minimum Gasteiger partial charge on any atom is -0.354 e. The van der Waals surface area contributed by atoms with Crippen molar-refractivity contribution in [1.82, 2.24) is 10.2 Å². The van der Waals surface area contributed by atoms with E-state index in [1.54, 1.807) is 0 Å². The molecule has 1 unspecified atom stereocenters. The predicted octanol–water partition coefficient (Wildman–Crippen LogP) is 2.80. The van der Waals surface area contributed by atoms with Crippen LogP contribution in [-0.4, -0.2) is 36.3 Å². The van der Waals surface area contributed by atoms with Crippen molar-refractivity contribution in [2.75, 3.05) is 19.6 Å². The van der Waals surface area contributed by atoms with Gasteiger partial charge in [0, 0.05) is 19.5 Å². The lowest BCUT2D eigenvalue weighted by molar-refractivity contribution is -0.136. The zero-order valence-corrected chi connectivity index (χ0v) is 16.1. The number of hydrogen-bond acceptors (Lipinski definition) is 3. The Morgan fingerprint density at radius 1 is 1.19 bits per heavy atom. The molecule has 0 bridgehead atoms. The van der Waals surface area contributed by atoms with Crippen molar-refractivity contribution in [3.8, 4) is 0 Å². The summed E-state index contributed by atoms with van der Waals surface area (Å²) in [5, 5.41) is 2.90. The van der Waals surface area contributed by atoms with Gasteiger partial charge in [-0.05, 0) is 30.4 Å². The Balaban J connectivity index is 0.00000243. The third kappa shape index (κ3) is 4.77. The number of rotatable bonds is 4. The molecule has 1 aliphatic heterocycles. The molecule has 1 atom stereocenters. The quantitative estimate of drug-likeness (QED) is 0.844. The molecule has 0 spiro atoms. The van der Waals surface area contributed by atoms with E-state index >= 15 is 0 Å². The van der Waals surface area contributed by atoms with Crippen LogP contribution < -0.4 is 11.1 Å². The average molecular weight is 380 g/mol. The Labute approximate surface area is 162 Å². The number of nitrogens with two attached hydrogens (primary N) is 1. The molecule has 144 valence electrons. The maximum absolute atomic E-state index is 13.2. The fourth-order valence-corrected chi connectivity index (χ4v) is 4.28. The van der Waals surface area contributed by atoms with E-state index in [9.17, 15) is 9.59 Å². The summed E-state index contributed by atoms with van der Waals surface area (Å²) < 4.78 is 0. The van der Waals surface area contributed by atoms with Gasteiger partial charge in [0.25, 0.3) is 0 Å². The van der Waals surface area contributed by atoms with Crippen LogP contribution in [0.15, 0.2) is 30.3 Å². The number of nitrogens with one attached hydrogen (secondary N) is 1. The number of carbonyl (C=O) groups excluding carboxylic acids is 2. The fraction of sp³-hybridized carbons (Fsp3) is 0.600. The van der Waals surface area contributed by atoms with Crippen molar-refractivity contribution in [2.45, 2.75) is 51.0 Å². The number of halogens is 1. The van der Waals surface area contributed by atoms with Crippen LogP contribution in [0.1, 0.15) is 56.6 Å². The van der Waals surface area contributed by atoms with Crippen LogP contribution in [0.5, 0.6) is 0 Å². The number of nitrogens with zero attached hydrogens (tertiary/aromatic N) is 1. The second kappa shape index (κ2) is 9.38. The minimum atomic E-state index is -0.186. The number of hydrogen-bond donors (Lipinski definition) is 2. The normalized spacial score (nSPS) is 22.7. The lowest BCUT2D eigenvalue weighted by atomic mass is 9.71. The van der Waals surface area contributed by atoms with Crippen molar-refractivity contribution in [1.29, 1.82) is 0 Å². The second-order valence-corrected chi connectivity index (χ2v) is 7.51. The molecule has 6 heteroatoms. The van der Waals surface area contributed by atoms with Crippen LogP contribution in [0.2, 0.25) is 0 Å². The van der Waals surface area contributed by atoms with Gasteiger partial charge in [-0.25, -0.2) is 0 Å². The summed E-state index contributed by atoms with van der Waals surface area (Å²) in [6, 6.07) is 9.70. The zero-order chi connectivity index (χ0) is 17.7. The molecule has 3 N–H and O–H groups in total. The maximum atomic E-state index is 13.2. The summed E-state index contributed by atoms with van der Waals surface area (Å²) >= 11 is 0. The van der Waals surface area contributed by atoms with Crippen molar-refractivity contribution >= 4 is 24.2 Å². The van der Waals surface area contributed by atoms with E-state index in [0.717, 1.165) is 31.2 Å². The van der Waals surface area contributed by atoms with E-state index in [0.29, 0.717) is 32.5 Å². The molecule has 1 saturated carbocycles. The molecule has 2 fully saturated rings. The number of amides is 2. The maximum Gasteiger partial charge on any atom is 0.223 e. The summed E-state index contributed by atoms with van der Waals surface area (Å²) in [6.45, 7) is 1.65. The van der Waals surface area contributed by atoms with Gasteiger partial charge in [-0.2, -0.15) is 0 Å². The minimum absolute atomic E-state index is 0. The first kappa shape index (κ1) is 20.7. The molecule has 1 aliphatic carbocycles. The molecular formula is C20H30ClN3O2. The third-order valence-electron chi connectivity index (χ3n) is 5.81. The molecule has 2 amide bonds. The van der Waals surface area contributed by atoms with Gasteiger partial charge in [-0.3, -0.25) is 9.59 Å². The first-order valence-electron chi connectivity index (χ1n) is 9.45. The van der Waals surface area contributed by atoms with E-state index in [4.69, 9.17) is 5.73 Å². The van der Waals surface area contributed by atoms with Gasteiger partial charge in [0.2, 0.25) is 11.8 Å². The fourth-order valence-electron chi connectivity index (χ4n) is 4.28. The van der Waals surface area contributed by atoms with Crippen LogP contribution in [0.4, 0.5) is 0 Å². The van der Waals surface area contributed by atoms with E-state index in [-0.39, 0.29) is 35.7 Å². The van der Waals surface area contributed by atoms with Crippen molar-refractivity contribution in [3.05, 3.63) is 35.9 Å². The van der Waals surface area contributed by atoms with E-state index in [2.05, 4.69) is 5.32 Å². The Morgan fingerprint density at radius 2 is 1.88 bits per heavy atom. The Morgan fingerprint density at radius 3 is 2.54 bits per heavy atom. The van der Waals surface area contributed by atoms with Gasteiger partial charge in [-0.15, -0.1) is 12.4 Å². The first-order chi connectivity index (χ1) is 12.1. The van der Waals surface area contributed by atoms with Crippen LogP contribution >= 0.6 is 12.4 Å². The highest BCUT2D eigenvalue weighted by atomic mass is 35.5. The topological polar surface area (TPSA) is 75.4 Å². The second-order valence-electron chi connectivity index (χ2n) is 7.51. The molecule has 0 aromatic heterocycles. The largest absolute Gasteiger partial charge is 0.354 e. The first-order valence-corrected chi connectivity index (χ1v) is 9.45. The zero-order valence-electron chi connectivity index (χ0n) is 15.3. The summed E-state index contributed by atoms with van der Waals surface area (Å²) in [4.78, 5) is 27.2. The average Bonchev–Trinajstić information content (AvgIpc) is 2.85. The summed E-state index contributed by atoms with van der Waals surface area (Å²) in [5.74, 6) is 0.146. The lowest BCUT2D eigenvalue weighted by Gasteiger charge is -2.38. The van der Waals surface area contributed by atoms with E-state index in [1.165, 1.54) is 6.42 Å². The van der Waals surface area contributed by atoms with Gasteiger partial charge in [0.15, 0.2) is 0 Å². The Hall–Kier alpha value is -1.59. The highest BCUT2D eigenvalue weighted by Crippen LogP contribution is 2.39. The number of benzene rings is 1. The molecule has 0 radical (unpaired) electrons. The third-order valence-corrected chi connectivity index (χ3v) is 5.81. The predicted molar refractivity (Wildman–Crippen MR) is 105 cm³/mol. The molecular weight excluding hydrogens is 350 g/mol. The van der Waals surface area contributed by atoms with Crippen molar-refractivity contribution in [2.24, 2.45) is 11.1 Å². The van der Waals surface area contributed by atoms with E-state index in [1.807, 2.05) is 35.2 Å². The van der Waals surface area contributed by atoms with Crippen LogP contribution in [0.3, 0.4) is 0 Å². The molecule has 5 nitrogen and oxygen atoms in total. The van der Waals surface area contributed by atoms with Gasteiger partial charge in [0.1, 0.15) is 0 Å². The van der Waals surface area contributed by atoms with Gasteiger partial charge >= 0.3 is 0 Å². The summed E-state index contributed by atoms with van der Waals surface area (Å²) in [7, 11) is 0. The molecule has 26 heavy (non-hydrogen) atoms. The summed E-state index contributed by atoms with van der Waals surface area (Å²) in [5.41, 5.74) is 7.05. The van der Waals surface area contributed by atoms with Crippen LogP contribution in [0.25, 0.3) is 0 Å². The van der Waals surface area contributed by atoms with Gasteiger partial charge in [0.05, 0.1) is 12.5 Å². The highest BCUT2D eigenvalue weighted by Gasteiger charge is 2.37. The standard InChI is InChI=1S/C20H29N3O2.ClH/c21-15-20(9-5-2-6-10-20)14-19(25)23-12-11-22-18(24)13-17(23)16-7-3-1-4-8-16;/h1,3-4,7-8,17H,2,5-6,9-15,21H2,(H,22,24);1H. The van der Waals surface area contributed by atoms with E-state index < -0.39 is 0 Å². The number of carbonyl (C=O) groups is 2. The molecule has 1 heterocycles. The monoisotopic (exact) mass is 379 g/mol. The smallest absolute Gasteiger partial charge is 0.223 e. The molecule has 1 aromatic carbocycles. The highest BCUT2D eigenvalue weighted by molar-refractivity contribution is 5.85. The van der Waals surface area contributed by atoms with Crippen LogP contribution in [0, 0.1) is 5.41 Å². The van der Waals surface area contributed by atoms with Crippen molar-refractivity contribution in [3.63, 3.8) is 0 Å².